The summed E-state index contributed by atoms with van der Waals surface area (Å²) in [4.78, 5) is 27.5. The van der Waals surface area contributed by atoms with Crippen LogP contribution in [0.5, 0.6) is 0 Å². The number of amides is 2. The fourth-order valence-electron chi connectivity index (χ4n) is 4.65. The summed E-state index contributed by atoms with van der Waals surface area (Å²) in [5.41, 5.74) is 3.88. The lowest BCUT2D eigenvalue weighted by Gasteiger charge is -2.22. The summed E-state index contributed by atoms with van der Waals surface area (Å²) in [7, 11) is 0. The molecule has 1 unspecified atom stereocenters. The standard InChI is InChI=1S/C30H23Cl2N3O2S2/c31-20-10-12-24(26(32)14-20)29(37)34-21-7-4-8-22(15-21)38-17-28(36)35-30-25(16-33)23-11-9-19(13-27(23)39-30)18-5-2-1-3-6-18/h1-8,10,12,14-15,19H,9,11,13,17H2,(H,34,37)(H,35,36). The van der Waals surface area contributed by atoms with Gasteiger partial charge in [0, 0.05) is 20.5 Å². The Morgan fingerprint density at radius 2 is 1.85 bits per heavy atom. The molecule has 1 heterocycles. The number of carbonyl (C=O) groups is 2. The number of nitriles is 1. The monoisotopic (exact) mass is 591 g/mol. The van der Waals surface area contributed by atoms with Gasteiger partial charge in [0.05, 0.1) is 21.9 Å². The van der Waals surface area contributed by atoms with Crippen LogP contribution in [0.3, 0.4) is 0 Å². The topological polar surface area (TPSA) is 82.0 Å². The zero-order valence-corrected chi connectivity index (χ0v) is 23.8. The van der Waals surface area contributed by atoms with Crippen molar-refractivity contribution in [3.8, 4) is 6.07 Å². The van der Waals surface area contributed by atoms with E-state index in [2.05, 4.69) is 41.0 Å². The van der Waals surface area contributed by atoms with Crippen LogP contribution in [0.2, 0.25) is 10.0 Å². The normalized spacial score (nSPS) is 14.2. The molecule has 0 fully saturated rings. The minimum atomic E-state index is -0.350. The van der Waals surface area contributed by atoms with Crippen LogP contribution >= 0.6 is 46.3 Å². The van der Waals surface area contributed by atoms with Gasteiger partial charge in [-0.1, -0.05) is 59.6 Å². The van der Waals surface area contributed by atoms with Gasteiger partial charge in [-0.25, -0.2) is 0 Å². The van der Waals surface area contributed by atoms with Crippen molar-refractivity contribution in [1.82, 2.24) is 0 Å². The number of fused-ring (bicyclic) bond motifs is 1. The number of hydrogen-bond acceptors (Lipinski definition) is 5. The molecule has 0 saturated heterocycles. The Hall–Kier alpha value is -3.28. The molecule has 2 N–H and O–H groups in total. The number of thioether (sulfide) groups is 1. The number of rotatable bonds is 7. The molecule has 39 heavy (non-hydrogen) atoms. The number of nitrogens with one attached hydrogen (secondary N) is 2. The zero-order valence-electron chi connectivity index (χ0n) is 20.7. The Morgan fingerprint density at radius 1 is 1.03 bits per heavy atom. The molecule has 1 aliphatic carbocycles. The highest BCUT2D eigenvalue weighted by Gasteiger charge is 2.27. The van der Waals surface area contributed by atoms with E-state index < -0.39 is 0 Å². The van der Waals surface area contributed by atoms with Crippen molar-refractivity contribution in [3.63, 3.8) is 0 Å². The molecule has 0 radical (unpaired) electrons. The van der Waals surface area contributed by atoms with E-state index in [1.165, 1.54) is 39.6 Å². The van der Waals surface area contributed by atoms with Crippen LogP contribution in [0.4, 0.5) is 10.7 Å². The highest BCUT2D eigenvalue weighted by atomic mass is 35.5. The molecule has 3 aromatic carbocycles. The van der Waals surface area contributed by atoms with Gasteiger partial charge in [-0.05, 0) is 72.7 Å². The van der Waals surface area contributed by atoms with Gasteiger partial charge in [0.2, 0.25) is 5.91 Å². The molecule has 2 amide bonds. The third-order valence-corrected chi connectivity index (χ3v) is 9.25. The predicted octanol–water partition coefficient (Wildman–Crippen LogP) is 8.18. The average Bonchev–Trinajstić information content (AvgIpc) is 3.28. The second-order valence-corrected chi connectivity index (χ2v) is 12.1. The van der Waals surface area contributed by atoms with Crippen molar-refractivity contribution in [1.29, 1.82) is 5.26 Å². The van der Waals surface area contributed by atoms with E-state index in [4.69, 9.17) is 23.2 Å². The largest absolute Gasteiger partial charge is 0.322 e. The van der Waals surface area contributed by atoms with Crippen molar-refractivity contribution in [2.75, 3.05) is 16.4 Å². The Balaban J connectivity index is 1.20. The minimum Gasteiger partial charge on any atom is -0.322 e. The van der Waals surface area contributed by atoms with E-state index in [-0.39, 0.29) is 22.6 Å². The first kappa shape index (κ1) is 27.3. The first-order chi connectivity index (χ1) is 18.9. The summed E-state index contributed by atoms with van der Waals surface area (Å²) in [6.07, 6.45) is 2.70. The predicted molar refractivity (Wildman–Crippen MR) is 160 cm³/mol. The maximum atomic E-state index is 12.8. The first-order valence-corrected chi connectivity index (χ1v) is 14.9. The van der Waals surface area contributed by atoms with Gasteiger partial charge in [-0.3, -0.25) is 9.59 Å². The lowest BCUT2D eigenvalue weighted by atomic mass is 9.83. The SMILES string of the molecule is N#Cc1c(NC(=O)CSc2cccc(NC(=O)c3ccc(Cl)cc3Cl)c2)sc2c1CCC(c1ccccc1)C2. The molecule has 0 aliphatic heterocycles. The molecule has 1 atom stereocenters. The molecule has 1 aromatic heterocycles. The van der Waals surface area contributed by atoms with E-state index in [0.717, 1.165) is 29.7 Å². The third kappa shape index (κ3) is 6.48. The van der Waals surface area contributed by atoms with Gasteiger partial charge in [0.1, 0.15) is 11.1 Å². The number of hydrogen-bond donors (Lipinski definition) is 2. The molecular weight excluding hydrogens is 569 g/mol. The van der Waals surface area contributed by atoms with Crippen molar-refractivity contribution < 1.29 is 9.59 Å². The molecule has 0 spiro atoms. The summed E-state index contributed by atoms with van der Waals surface area (Å²) < 4.78 is 0. The van der Waals surface area contributed by atoms with Gasteiger partial charge in [-0.2, -0.15) is 5.26 Å². The molecule has 0 bridgehead atoms. The van der Waals surface area contributed by atoms with Crippen LogP contribution in [0.15, 0.2) is 77.7 Å². The lowest BCUT2D eigenvalue weighted by Crippen LogP contribution is -2.14. The van der Waals surface area contributed by atoms with Crippen molar-refractivity contribution in [3.05, 3.63) is 110 Å². The zero-order chi connectivity index (χ0) is 27.4. The van der Waals surface area contributed by atoms with Crippen LogP contribution in [0.25, 0.3) is 0 Å². The lowest BCUT2D eigenvalue weighted by molar-refractivity contribution is -0.113. The molecular formula is C30H23Cl2N3O2S2. The second kappa shape index (κ2) is 12.3. The minimum absolute atomic E-state index is 0.167. The number of carbonyl (C=O) groups excluding carboxylic acids is 2. The molecule has 5 rings (SSSR count). The number of nitrogens with zero attached hydrogens (tertiary/aromatic N) is 1. The highest BCUT2D eigenvalue weighted by molar-refractivity contribution is 8.00. The highest BCUT2D eigenvalue weighted by Crippen LogP contribution is 2.42. The Morgan fingerprint density at radius 3 is 2.62 bits per heavy atom. The number of benzene rings is 3. The van der Waals surface area contributed by atoms with E-state index in [0.29, 0.717) is 32.8 Å². The molecule has 1 aliphatic rings. The fraction of sp³-hybridized carbons (Fsp3) is 0.167. The summed E-state index contributed by atoms with van der Waals surface area (Å²) in [6.45, 7) is 0. The number of thiophene rings is 1. The fourth-order valence-corrected chi connectivity index (χ4v) is 7.19. The maximum Gasteiger partial charge on any atom is 0.257 e. The maximum absolute atomic E-state index is 12.8. The van der Waals surface area contributed by atoms with Crippen LogP contribution in [0, 0.1) is 11.3 Å². The van der Waals surface area contributed by atoms with Gasteiger partial charge in [0.15, 0.2) is 0 Å². The van der Waals surface area contributed by atoms with Crippen molar-refractivity contribution in [2.24, 2.45) is 0 Å². The van der Waals surface area contributed by atoms with Crippen LogP contribution in [-0.4, -0.2) is 17.6 Å². The van der Waals surface area contributed by atoms with E-state index >= 15 is 0 Å². The first-order valence-electron chi connectivity index (χ1n) is 12.3. The molecule has 9 heteroatoms. The Kier molecular flexibility index (Phi) is 8.59. The smallest absolute Gasteiger partial charge is 0.257 e. The van der Waals surface area contributed by atoms with Crippen LogP contribution in [-0.2, 0) is 17.6 Å². The second-order valence-electron chi connectivity index (χ2n) is 9.11. The summed E-state index contributed by atoms with van der Waals surface area (Å²) in [5.74, 6) is 0.0563. The van der Waals surface area contributed by atoms with E-state index in [9.17, 15) is 14.9 Å². The Bertz CT molecular complexity index is 1580. The summed E-state index contributed by atoms with van der Waals surface area (Å²) in [5, 5.41) is 17.0. The molecule has 0 saturated carbocycles. The quantitative estimate of drug-likeness (QED) is 0.212. The summed E-state index contributed by atoms with van der Waals surface area (Å²) >= 11 is 14.9. The average molecular weight is 593 g/mol. The molecule has 196 valence electrons. The van der Waals surface area contributed by atoms with Gasteiger partial charge in [-0.15, -0.1) is 23.1 Å². The van der Waals surface area contributed by atoms with E-state index in [1.54, 1.807) is 24.3 Å². The van der Waals surface area contributed by atoms with Crippen molar-refractivity contribution >= 4 is 68.8 Å². The van der Waals surface area contributed by atoms with Crippen LogP contribution in [0.1, 0.15) is 44.3 Å². The third-order valence-electron chi connectivity index (χ3n) is 6.54. The summed E-state index contributed by atoms with van der Waals surface area (Å²) in [6, 6.07) is 24.7. The van der Waals surface area contributed by atoms with Crippen LogP contribution < -0.4 is 10.6 Å². The van der Waals surface area contributed by atoms with Gasteiger partial charge < -0.3 is 10.6 Å². The van der Waals surface area contributed by atoms with Gasteiger partial charge in [0.25, 0.3) is 5.91 Å². The number of halogens is 2. The Labute approximate surface area is 245 Å². The number of anilines is 2. The molecule has 5 nitrogen and oxygen atoms in total. The van der Waals surface area contributed by atoms with Crippen molar-refractivity contribution in [2.45, 2.75) is 30.1 Å². The van der Waals surface area contributed by atoms with E-state index in [1.807, 2.05) is 18.2 Å². The van der Waals surface area contributed by atoms with Gasteiger partial charge >= 0.3 is 0 Å². The molecule has 4 aromatic rings.